The van der Waals surface area contributed by atoms with E-state index in [0.717, 1.165) is 31.8 Å². The van der Waals surface area contributed by atoms with Gasteiger partial charge in [-0.1, -0.05) is 33.3 Å². The van der Waals surface area contributed by atoms with Crippen molar-refractivity contribution in [2.45, 2.75) is 78.4 Å². The highest BCUT2D eigenvalue weighted by molar-refractivity contribution is 5.81. The number of esters is 4. The molecule has 0 aromatic heterocycles. The number of aliphatic hydroxyl groups excluding tert-OH is 1. The Morgan fingerprint density at radius 1 is 0.778 bits per heavy atom. The maximum atomic E-state index is 11.7. The van der Waals surface area contributed by atoms with E-state index in [4.69, 9.17) is 23.7 Å². The van der Waals surface area contributed by atoms with Crippen LogP contribution in [0.1, 0.15) is 66.2 Å². The standard InChI is InChI=1S/C16H26O7.C9H18O4/c1-4-6-9-20-11-14(12-22-13(3)17)23-16(19)8-7-10-21-15(18)5-2;1-3-4-5-12-6-9(11)7-13-8(2)10/h5,14H,2,4,6-12H2,1,3H3;9,11H,3-7H2,1-2H3. The van der Waals surface area contributed by atoms with Crippen molar-refractivity contribution in [3.63, 3.8) is 0 Å². The highest BCUT2D eigenvalue weighted by atomic mass is 16.6. The third-order valence-electron chi connectivity index (χ3n) is 4.08. The fourth-order valence-electron chi connectivity index (χ4n) is 2.21. The fourth-order valence-corrected chi connectivity index (χ4v) is 2.21. The number of hydrogen-bond acceptors (Lipinski definition) is 11. The van der Waals surface area contributed by atoms with Crippen LogP contribution in [0.2, 0.25) is 0 Å². The van der Waals surface area contributed by atoms with E-state index in [1.807, 2.05) is 6.92 Å². The second-order valence-electron chi connectivity index (χ2n) is 7.70. The summed E-state index contributed by atoms with van der Waals surface area (Å²) in [6.07, 6.45) is 4.10. The van der Waals surface area contributed by atoms with Crippen molar-refractivity contribution < 1.29 is 52.7 Å². The van der Waals surface area contributed by atoms with Crippen LogP contribution < -0.4 is 0 Å². The molecule has 0 spiro atoms. The number of aliphatic hydroxyl groups is 1. The molecule has 0 aliphatic carbocycles. The zero-order valence-corrected chi connectivity index (χ0v) is 22.2. The van der Waals surface area contributed by atoms with Crippen LogP contribution in [0.3, 0.4) is 0 Å². The first-order valence-electron chi connectivity index (χ1n) is 12.2. The second-order valence-corrected chi connectivity index (χ2v) is 7.70. The molecule has 0 amide bonds. The molecule has 0 aromatic carbocycles. The van der Waals surface area contributed by atoms with E-state index >= 15 is 0 Å². The van der Waals surface area contributed by atoms with Gasteiger partial charge >= 0.3 is 23.9 Å². The lowest BCUT2D eigenvalue weighted by atomic mass is 10.3. The minimum absolute atomic E-state index is 0.0153. The highest BCUT2D eigenvalue weighted by Crippen LogP contribution is 2.02. The number of unbranched alkanes of at least 4 members (excludes halogenated alkanes) is 2. The summed E-state index contributed by atoms with van der Waals surface area (Å²) in [5.41, 5.74) is 0. The number of ether oxygens (including phenoxy) is 6. The van der Waals surface area contributed by atoms with Gasteiger partial charge in [0.1, 0.15) is 19.3 Å². The number of carbonyl (C=O) groups is 4. The first kappa shape index (κ1) is 35.7. The Labute approximate surface area is 214 Å². The Bertz CT molecular complexity index is 607. The molecule has 0 rings (SSSR count). The summed E-state index contributed by atoms with van der Waals surface area (Å²) < 4.78 is 29.9. The van der Waals surface area contributed by atoms with Crippen molar-refractivity contribution in [3.8, 4) is 0 Å². The Kier molecular flexibility index (Phi) is 25.3. The molecule has 0 saturated heterocycles. The van der Waals surface area contributed by atoms with Gasteiger partial charge < -0.3 is 33.5 Å². The molecule has 0 radical (unpaired) electrons. The van der Waals surface area contributed by atoms with Crippen LogP contribution in [0.4, 0.5) is 0 Å². The van der Waals surface area contributed by atoms with Gasteiger partial charge in [-0.2, -0.15) is 0 Å². The van der Waals surface area contributed by atoms with Crippen molar-refractivity contribution in [2.24, 2.45) is 0 Å². The molecule has 1 N–H and O–H groups in total. The first-order chi connectivity index (χ1) is 17.2. The Morgan fingerprint density at radius 2 is 1.33 bits per heavy atom. The van der Waals surface area contributed by atoms with E-state index in [1.165, 1.54) is 13.8 Å². The summed E-state index contributed by atoms with van der Waals surface area (Å²) in [6, 6.07) is 0. The summed E-state index contributed by atoms with van der Waals surface area (Å²) in [6.45, 7) is 11.7. The molecular weight excluding hydrogens is 476 g/mol. The van der Waals surface area contributed by atoms with Crippen LogP contribution >= 0.6 is 0 Å². The van der Waals surface area contributed by atoms with Crippen molar-refractivity contribution in [1.82, 2.24) is 0 Å². The first-order valence-corrected chi connectivity index (χ1v) is 12.2. The number of rotatable bonds is 20. The molecule has 0 heterocycles. The van der Waals surface area contributed by atoms with Crippen LogP contribution in [-0.4, -0.2) is 87.4 Å². The van der Waals surface area contributed by atoms with E-state index < -0.39 is 30.1 Å². The van der Waals surface area contributed by atoms with E-state index in [9.17, 15) is 24.3 Å². The third-order valence-corrected chi connectivity index (χ3v) is 4.08. The lowest BCUT2D eigenvalue weighted by molar-refractivity contribution is -0.162. The third kappa shape index (κ3) is 27.7. The van der Waals surface area contributed by atoms with Crippen molar-refractivity contribution in [2.75, 3.05) is 46.2 Å². The van der Waals surface area contributed by atoms with Crippen LogP contribution in [0.5, 0.6) is 0 Å². The smallest absolute Gasteiger partial charge is 0.330 e. The zero-order chi connectivity index (χ0) is 27.6. The molecule has 36 heavy (non-hydrogen) atoms. The van der Waals surface area contributed by atoms with Crippen LogP contribution in [0.15, 0.2) is 12.7 Å². The predicted octanol–water partition coefficient (Wildman–Crippen LogP) is 2.51. The number of hydrogen-bond donors (Lipinski definition) is 1. The lowest BCUT2D eigenvalue weighted by Gasteiger charge is -2.17. The summed E-state index contributed by atoms with van der Waals surface area (Å²) in [7, 11) is 0. The Morgan fingerprint density at radius 3 is 1.86 bits per heavy atom. The van der Waals surface area contributed by atoms with Crippen LogP contribution in [-0.2, 0) is 47.6 Å². The minimum atomic E-state index is -0.708. The van der Waals surface area contributed by atoms with Crippen molar-refractivity contribution >= 4 is 23.9 Å². The average Bonchev–Trinajstić information content (AvgIpc) is 2.84. The van der Waals surface area contributed by atoms with Gasteiger partial charge in [0, 0.05) is 39.6 Å². The van der Waals surface area contributed by atoms with Gasteiger partial charge in [-0.25, -0.2) is 4.79 Å². The largest absolute Gasteiger partial charge is 0.463 e. The van der Waals surface area contributed by atoms with E-state index in [-0.39, 0.29) is 45.4 Å². The number of carbonyl (C=O) groups excluding carboxylic acids is 4. The predicted molar refractivity (Wildman–Crippen MR) is 131 cm³/mol. The van der Waals surface area contributed by atoms with E-state index in [1.54, 1.807) is 0 Å². The van der Waals surface area contributed by atoms with Gasteiger partial charge in [-0.05, 0) is 19.3 Å². The van der Waals surface area contributed by atoms with E-state index in [2.05, 4.69) is 18.2 Å². The van der Waals surface area contributed by atoms with Gasteiger partial charge in [0.05, 0.1) is 19.8 Å². The SMILES string of the molecule is C=CC(=O)OCCCC(=O)OC(COCCCC)COC(C)=O.CCCCOCC(O)COC(C)=O. The highest BCUT2D eigenvalue weighted by Gasteiger charge is 2.16. The molecule has 210 valence electrons. The second kappa shape index (κ2) is 25.6. The molecule has 0 bridgehead atoms. The molecule has 0 aliphatic rings. The van der Waals surface area contributed by atoms with Crippen LogP contribution in [0.25, 0.3) is 0 Å². The lowest BCUT2D eigenvalue weighted by Crippen LogP contribution is -2.29. The van der Waals surface area contributed by atoms with Crippen molar-refractivity contribution in [3.05, 3.63) is 12.7 Å². The molecule has 2 unspecified atom stereocenters. The average molecular weight is 521 g/mol. The molecule has 0 aliphatic heterocycles. The summed E-state index contributed by atoms with van der Waals surface area (Å²) >= 11 is 0. The monoisotopic (exact) mass is 520 g/mol. The van der Waals surface area contributed by atoms with Crippen molar-refractivity contribution in [1.29, 1.82) is 0 Å². The summed E-state index contributed by atoms with van der Waals surface area (Å²) in [5.74, 6) is -1.82. The molecule has 2 atom stereocenters. The molecule has 0 fully saturated rings. The fraction of sp³-hybridized carbons (Fsp3) is 0.760. The maximum Gasteiger partial charge on any atom is 0.330 e. The normalized spacial score (nSPS) is 11.8. The maximum absolute atomic E-state index is 11.7. The quantitative estimate of drug-likeness (QED) is 0.109. The molecular formula is C25H44O11. The molecule has 0 aromatic rings. The molecule has 0 saturated carbocycles. The Balaban J connectivity index is 0. The summed E-state index contributed by atoms with van der Waals surface area (Å²) in [5, 5.41) is 9.20. The van der Waals surface area contributed by atoms with Gasteiger partial charge in [0.25, 0.3) is 0 Å². The van der Waals surface area contributed by atoms with E-state index in [0.29, 0.717) is 19.6 Å². The van der Waals surface area contributed by atoms with Gasteiger partial charge in [0.2, 0.25) is 0 Å². The van der Waals surface area contributed by atoms with Gasteiger partial charge in [0.15, 0.2) is 6.10 Å². The molecule has 11 nitrogen and oxygen atoms in total. The van der Waals surface area contributed by atoms with Gasteiger partial charge in [-0.3, -0.25) is 14.4 Å². The Hall–Kier alpha value is -2.50. The minimum Gasteiger partial charge on any atom is -0.463 e. The topological polar surface area (TPSA) is 144 Å². The molecule has 11 heteroatoms. The van der Waals surface area contributed by atoms with Crippen LogP contribution in [0, 0.1) is 0 Å². The van der Waals surface area contributed by atoms with Gasteiger partial charge in [-0.15, -0.1) is 0 Å². The summed E-state index contributed by atoms with van der Waals surface area (Å²) in [4.78, 5) is 43.8. The zero-order valence-electron chi connectivity index (χ0n) is 22.2.